The van der Waals surface area contributed by atoms with Gasteiger partial charge < -0.3 is 4.90 Å². The number of aromatic nitrogens is 2. The molecule has 0 bridgehead atoms. The molecule has 2 heterocycles. The molecule has 7 heteroatoms. The average Bonchev–Trinajstić information content (AvgIpc) is 3.15. The maximum Gasteiger partial charge on any atom is 0.254 e. The van der Waals surface area contributed by atoms with E-state index in [0.717, 1.165) is 49.4 Å². The average molecular weight is 453 g/mol. The number of hydrogen-bond donors (Lipinski definition) is 0. The highest BCUT2D eigenvalue weighted by molar-refractivity contribution is 5.94. The zero-order valence-corrected chi connectivity index (χ0v) is 19.4. The number of fused-ring (bicyclic) bond motifs is 1. The molecule has 1 aliphatic heterocycles. The van der Waals surface area contributed by atoms with Crippen LogP contribution in [0.2, 0.25) is 0 Å². The van der Waals surface area contributed by atoms with Gasteiger partial charge >= 0.3 is 0 Å². The summed E-state index contributed by atoms with van der Waals surface area (Å²) >= 11 is 0. The molecular weight excluding hydrogens is 422 g/mol. The van der Waals surface area contributed by atoms with Crippen LogP contribution in [0.15, 0.2) is 48.5 Å². The Morgan fingerprint density at radius 2 is 1.88 bits per heavy atom. The van der Waals surface area contributed by atoms with Crippen molar-refractivity contribution in [3.05, 3.63) is 82.7 Å². The first kappa shape index (κ1) is 23.1. The van der Waals surface area contributed by atoms with Crippen LogP contribution in [0.25, 0.3) is 5.69 Å². The molecule has 0 radical (unpaired) electrons. The summed E-state index contributed by atoms with van der Waals surface area (Å²) in [6.07, 6.45) is 1.87. The summed E-state index contributed by atoms with van der Waals surface area (Å²) in [7, 11) is 0. The molecule has 1 aromatic heterocycles. The van der Waals surface area contributed by atoms with Gasteiger partial charge in [-0.25, -0.2) is 13.5 Å². The van der Waals surface area contributed by atoms with Crippen LogP contribution < -0.4 is 0 Å². The van der Waals surface area contributed by atoms with Gasteiger partial charge in [-0.1, -0.05) is 13.0 Å². The van der Waals surface area contributed by atoms with E-state index >= 15 is 0 Å². The zero-order chi connectivity index (χ0) is 23.5. The first-order valence-electron chi connectivity index (χ1n) is 11.5. The Balaban J connectivity index is 1.72. The number of rotatable bonds is 7. The van der Waals surface area contributed by atoms with Gasteiger partial charge in [0.05, 0.1) is 23.6 Å². The Kier molecular flexibility index (Phi) is 6.88. The number of carbonyl (C=O) groups is 1. The molecule has 5 nitrogen and oxygen atoms in total. The number of carbonyl (C=O) groups excluding carboxylic acids is 1. The molecule has 4 rings (SSSR count). The number of hydrogen-bond acceptors (Lipinski definition) is 3. The largest absolute Gasteiger partial charge is 0.330 e. The minimum absolute atomic E-state index is 0.0761. The van der Waals surface area contributed by atoms with E-state index in [1.165, 1.54) is 36.4 Å². The van der Waals surface area contributed by atoms with E-state index in [1.807, 2.05) is 24.6 Å². The fraction of sp³-hybridized carbons (Fsp3) is 0.385. The zero-order valence-electron chi connectivity index (χ0n) is 19.4. The van der Waals surface area contributed by atoms with E-state index in [1.54, 1.807) is 11.0 Å². The SMILES string of the molecule is CCCN1CCc2c(c(CN(C(=O)c3ccc(F)cc3)C(C)C)nn2-c2cccc(F)c2)C1. The standard InChI is InChI=1S/C26H30F2N4O/c1-4-13-30-14-12-25-23(16-30)24(29-32(25)22-7-5-6-21(28)15-22)17-31(18(2)3)26(33)19-8-10-20(27)11-9-19/h5-11,15,18H,4,12-14,16-17H2,1-3H3. The Morgan fingerprint density at radius 3 is 2.55 bits per heavy atom. The maximum absolute atomic E-state index is 14.0. The van der Waals surface area contributed by atoms with E-state index < -0.39 is 0 Å². The number of halogens is 2. The van der Waals surface area contributed by atoms with Crippen molar-refractivity contribution in [1.82, 2.24) is 19.6 Å². The smallest absolute Gasteiger partial charge is 0.254 e. The molecule has 0 fully saturated rings. The van der Waals surface area contributed by atoms with Crippen LogP contribution in [0.3, 0.4) is 0 Å². The molecule has 3 aromatic rings. The van der Waals surface area contributed by atoms with Gasteiger partial charge in [0.2, 0.25) is 0 Å². The van der Waals surface area contributed by atoms with E-state index in [9.17, 15) is 13.6 Å². The summed E-state index contributed by atoms with van der Waals surface area (Å²) in [4.78, 5) is 17.4. The molecule has 0 aliphatic carbocycles. The lowest BCUT2D eigenvalue weighted by Crippen LogP contribution is -2.37. The predicted octanol–water partition coefficient (Wildman–Crippen LogP) is 4.97. The van der Waals surface area contributed by atoms with Crippen LogP contribution >= 0.6 is 0 Å². The third-order valence-corrected chi connectivity index (χ3v) is 6.11. The molecule has 0 N–H and O–H groups in total. The third-order valence-electron chi connectivity index (χ3n) is 6.11. The Bertz CT molecular complexity index is 1120. The predicted molar refractivity (Wildman–Crippen MR) is 124 cm³/mol. The highest BCUT2D eigenvalue weighted by atomic mass is 19.1. The van der Waals surface area contributed by atoms with Gasteiger partial charge in [-0.3, -0.25) is 9.69 Å². The van der Waals surface area contributed by atoms with Crippen molar-refractivity contribution in [2.24, 2.45) is 0 Å². The Hall–Kier alpha value is -3.06. The summed E-state index contributed by atoms with van der Waals surface area (Å²) in [6, 6.07) is 12.0. The second-order valence-corrected chi connectivity index (χ2v) is 8.82. The Morgan fingerprint density at radius 1 is 1.12 bits per heavy atom. The first-order valence-corrected chi connectivity index (χ1v) is 11.5. The lowest BCUT2D eigenvalue weighted by molar-refractivity contribution is 0.0686. The summed E-state index contributed by atoms with van der Waals surface area (Å²) in [5.41, 5.74) is 4.12. The Labute approximate surface area is 193 Å². The van der Waals surface area contributed by atoms with Gasteiger partial charge in [0.25, 0.3) is 5.91 Å². The van der Waals surface area contributed by atoms with E-state index in [-0.39, 0.29) is 23.6 Å². The molecule has 0 atom stereocenters. The van der Waals surface area contributed by atoms with Crippen molar-refractivity contribution >= 4 is 5.91 Å². The summed E-state index contributed by atoms with van der Waals surface area (Å²) < 4.78 is 29.2. The van der Waals surface area contributed by atoms with E-state index in [0.29, 0.717) is 17.8 Å². The van der Waals surface area contributed by atoms with Gasteiger partial charge in [-0.15, -0.1) is 0 Å². The lowest BCUT2D eigenvalue weighted by Gasteiger charge is -2.29. The summed E-state index contributed by atoms with van der Waals surface area (Å²) in [6.45, 7) is 9.08. The molecule has 1 aliphatic rings. The molecular formula is C26H30F2N4O. The van der Waals surface area contributed by atoms with Crippen molar-refractivity contribution in [2.75, 3.05) is 13.1 Å². The van der Waals surface area contributed by atoms with Gasteiger partial charge in [0.1, 0.15) is 11.6 Å². The monoisotopic (exact) mass is 452 g/mol. The summed E-state index contributed by atoms with van der Waals surface area (Å²) in [5.74, 6) is -0.848. The molecule has 0 unspecified atom stereocenters. The highest BCUT2D eigenvalue weighted by Crippen LogP contribution is 2.27. The van der Waals surface area contributed by atoms with Crippen molar-refractivity contribution < 1.29 is 13.6 Å². The van der Waals surface area contributed by atoms with Crippen molar-refractivity contribution in [3.8, 4) is 5.69 Å². The van der Waals surface area contributed by atoms with Gasteiger partial charge in [-0.2, -0.15) is 5.10 Å². The topological polar surface area (TPSA) is 41.4 Å². The number of benzene rings is 2. The van der Waals surface area contributed by atoms with Crippen LogP contribution in [-0.2, 0) is 19.5 Å². The minimum atomic E-state index is -0.374. The molecule has 0 spiro atoms. The number of nitrogens with zero attached hydrogens (tertiary/aromatic N) is 4. The van der Waals surface area contributed by atoms with Crippen LogP contribution in [-0.4, -0.2) is 44.6 Å². The minimum Gasteiger partial charge on any atom is -0.330 e. The fourth-order valence-electron chi connectivity index (χ4n) is 4.41. The van der Waals surface area contributed by atoms with Crippen LogP contribution in [0, 0.1) is 11.6 Å². The van der Waals surface area contributed by atoms with Gasteiger partial charge in [-0.05, 0) is 69.3 Å². The fourth-order valence-corrected chi connectivity index (χ4v) is 4.41. The van der Waals surface area contributed by atoms with Crippen LogP contribution in [0.1, 0.15) is 54.5 Å². The molecule has 1 amide bonds. The first-order chi connectivity index (χ1) is 15.9. The quantitative estimate of drug-likeness (QED) is 0.508. The molecule has 0 saturated heterocycles. The van der Waals surface area contributed by atoms with Crippen molar-refractivity contribution in [1.29, 1.82) is 0 Å². The number of amides is 1. The van der Waals surface area contributed by atoms with E-state index in [2.05, 4.69) is 11.8 Å². The molecule has 33 heavy (non-hydrogen) atoms. The maximum atomic E-state index is 14.0. The summed E-state index contributed by atoms with van der Waals surface area (Å²) in [5, 5.41) is 4.88. The normalized spacial score (nSPS) is 13.9. The molecule has 2 aromatic carbocycles. The lowest BCUT2D eigenvalue weighted by atomic mass is 10.0. The second kappa shape index (κ2) is 9.83. The van der Waals surface area contributed by atoms with E-state index in [4.69, 9.17) is 5.10 Å². The van der Waals surface area contributed by atoms with Crippen LogP contribution in [0.5, 0.6) is 0 Å². The molecule has 174 valence electrons. The van der Waals surface area contributed by atoms with Gasteiger partial charge in [0.15, 0.2) is 0 Å². The van der Waals surface area contributed by atoms with Gasteiger partial charge in [0, 0.05) is 36.7 Å². The third kappa shape index (κ3) is 4.98. The highest BCUT2D eigenvalue weighted by Gasteiger charge is 2.28. The van der Waals surface area contributed by atoms with Crippen LogP contribution in [0.4, 0.5) is 8.78 Å². The van der Waals surface area contributed by atoms with Crippen molar-refractivity contribution in [2.45, 2.75) is 52.7 Å². The van der Waals surface area contributed by atoms with Crippen molar-refractivity contribution in [3.63, 3.8) is 0 Å². The second-order valence-electron chi connectivity index (χ2n) is 8.82. The molecule has 0 saturated carbocycles.